The fourth-order valence-electron chi connectivity index (χ4n) is 2.69. The Balaban J connectivity index is 1.77. The molecule has 2 amide bonds. The molecule has 0 aromatic carbocycles. The van der Waals surface area contributed by atoms with Crippen LogP contribution >= 0.6 is 0 Å². The van der Waals surface area contributed by atoms with E-state index >= 15 is 0 Å². The second-order valence-corrected chi connectivity index (χ2v) is 5.96. The zero-order valence-corrected chi connectivity index (χ0v) is 13.5. The smallest absolute Gasteiger partial charge is 0.271 e. The molecule has 0 saturated heterocycles. The molecule has 0 aliphatic heterocycles. The lowest BCUT2D eigenvalue weighted by Gasteiger charge is -2.16. The number of hydrazone groups is 1. The molecule has 1 aliphatic rings. The molecule has 1 aliphatic carbocycles. The Labute approximate surface area is 136 Å². The highest BCUT2D eigenvalue weighted by Crippen LogP contribution is 2.17. The Morgan fingerprint density at radius 1 is 1.17 bits per heavy atom. The number of pyridine rings is 1. The predicted molar refractivity (Wildman–Crippen MR) is 89.1 cm³/mol. The maximum Gasteiger partial charge on any atom is 0.271 e. The molecule has 1 aromatic heterocycles. The maximum atomic E-state index is 12.0. The Morgan fingerprint density at radius 3 is 2.48 bits per heavy atom. The topological polar surface area (TPSA) is 83.5 Å². The van der Waals surface area contributed by atoms with Gasteiger partial charge in [-0.15, -0.1) is 0 Å². The molecule has 0 radical (unpaired) electrons. The van der Waals surface area contributed by atoms with Gasteiger partial charge >= 0.3 is 0 Å². The Hall–Kier alpha value is -2.24. The van der Waals surface area contributed by atoms with Crippen molar-refractivity contribution in [2.45, 2.75) is 57.9 Å². The van der Waals surface area contributed by atoms with Gasteiger partial charge in [0.25, 0.3) is 5.91 Å². The van der Waals surface area contributed by atoms with Crippen molar-refractivity contribution in [1.29, 1.82) is 0 Å². The summed E-state index contributed by atoms with van der Waals surface area (Å²) in [6.45, 7) is 1.74. The third-order valence-electron chi connectivity index (χ3n) is 3.93. The number of carbonyl (C=O) groups is 2. The summed E-state index contributed by atoms with van der Waals surface area (Å²) in [4.78, 5) is 27.7. The first-order chi connectivity index (χ1) is 11.1. The summed E-state index contributed by atoms with van der Waals surface area (Å²) in [6, 6.07) is 3.50. The van der Waals surface area contributed by atoms with E-state index in [9.17, 15) is 9.59 Å². The zero-order valence-electron chi connectivity index (χ0n) is 13.5. The molecule has 23 heavy (non-hydrogen) atoms. The van der Waals surface area contributed by atoms with Crippen molar-refractivity contribution in [1.82, 2.24) is 15.7 Å². The second kappa shape index (κ2) is 9.02. The van der Waals surface area contributed by atoms with Gasteiger partial charge in [0.1, 0.15) is 0 Å². The molecule has 0 unspecified atom stereocenters. The van der Waals surface area contributed by atoms with E-state index in [0.717, 1.165) is 12.8 Å². The van der Waals surface area contributed by atoms with Crippen LogP contribution in [0.2, 0.25) is 0 Å². The van der Waals surface area contributed by atoms with Crippen molar-refractivity contribution in [2.24, 2.45) is 5.10 Å². The van der Waals surface area contributed by atoms with Crippen molar-refractivity contribution >= 4 is 17.5 Å². The highest BCUT2D eigenvalue weighted by molar-refractivity contribution is 6.01. The highest BCUT2D eigenvalue weighted by Gasteiger charge is 2.15. The highest BCUT2D eigenvalue weighted by atomic mass is 16.2. The summed E-state index contributed by atoms with van der Waals surface area (Å²) in [7, 11) is 0. The molecule has 0 atom stereocenters. The van der Waals surface area contributed by atoms with Gasteiger partial charge in [-0.3, -0.25) is 14.6 Å². The number of aromatic nitrogens is 1. The van der Waals surface area contributed by atoms with Crippen molar-refractivity contribution in [3.05, 3.63) is 30.1 Å². The average molecular weight is 316 g/mol. The lowest BCUT2D eigenvalue weighted by Crippen LogP contribution is -2.35. The lowest BCUT2D eigenvalue weighted by molar-refractivity contribution is -0.120. The standard InChI is InChI=1S/C17H24N4O2/c1-13(20-21-17(23)14-8-10-18-11-9-14)12-16(22)19-15-6-4-2-3-5-7-15/h8-11,15H,2-7,12H2,1H3,(H,19,22)(H,21,23). The van der Waals surface area contributed by atoms with Crippen LogP contribution in [0.3, 0.4) is 0 Å². The number of nitrogens with one attached hydrogen (secondary N) is 2. The molecule has 6 nitrogen and oxygen atoms in total. The number of rotatable bonds is 5. The van der Waals surface area contributed by atoms with Gasteiger partial charge in [0, 0.05) is 29.7 Å². The quantitative estimate of drug-likeness (QED) is 0.497. The summed E-state index contributed by atoms with van der Waals surface area (Å²) in [6.07, 6.45) is 10.3. The van der Waals surface area contributed by atoms with Crippen LogP contribution in [0.15, 0.2) is 29.6 Å². The van der Waals surface area contributed by atoms with E-state index in [1.807, 2.05) is 0 Å². The minimum Gasteiger partial charge on any atom is -0.353 e. The molecule has 124 valence electrons. The Kier molecular flexibility index (Phi) is 6.72. The second-order valence-electron chi connectivity index (χ2n) is 5.96. The fraction of sp³-hybridized carbons (Fsp3) is 0.529. The van der Waals surface area contributed by atoms with E-state index < -0.39 is 0 Å². The molecule has 2 rings (SSSR count). The lowest BCUT2D eigenvalue weighted by atomic mass is 10.1. The van der Waals surface area contributed by atoms with Gasteiger partial charge in [-0.05, 0) is 31.9 Å². The SMILES string of the molecule is CC(CC(=O)NC1CCCCCC1)=NNC(=O)c1ccncc1. The van der Waals surface area contributed by atoms with Crippen LogP contribution in [0, 0.1) is 0 Å². The predicted octanol–water partition coefficient (Wildman–Crippen LogP) is 2.42. The van der Waals surface area contributed by atoms with Crippen LogP contribution in [-0.2, 0) is 4.79 Å². The molecule has 1 fully saturated rings. The molecule has 2 N–H and O–H groups in total. The van der Waals surface area contributed by atoms with Crippen LogP contribution in [0.5, 0.6) is 0 Å². The van der Waals surface area contributed by atoms with Gasteiger partial charge in [-0.1, -0.05) is 25.7 Å². The van der Waals surface area contributed by atoms with Crippen LogP contribution < -0.4 is 10.7 Å². The van der Waals surface area contributed by atoms with Gasteiger partial charge in [0.05, 0.1) is 6.42 Å². The van der Waals surface area contributed by atoms with Crippen LogP contribution in [-0.4, -0.2) is 28.6 Å². The molecular formula is C17H24N4O2. The fourth-order valence-corrected chi connectivity index (χ4v) is 2.69. The first-order valence-corrected chi connectivity index (χ1v) is 8.18. The van der Waals surface area contributed by atoms with E-state index in [1.165, 1.54) is 25.7 Å². The summed E-state index contributed by atoms with van der Waals surface area (Å²) in [5.74, 6) is -0.341. The molecule has 1 heterocycles. The summed E-state index contributed by atoms with van der Waals surface area (Å²) in [5, 5.41) is 7.06. The van der Waals surface area contributed by atoms with Crippen molar-refractivity contribution < 1.29 is 9.59 Å². The number of carbonyl (C=O) groups excluding carboxylic acids is 2. The third kappa shape index (κ3) is 6.18. The molecule has 6 heteroatoms. The van der Waals surface area contributed by atoms with Gasteiger partial charge in [-0.2, -0.15) is 5.10 Å². The van der Waals surface area contributed by atoms with Crippen LogP contribution in [0.1, 0.15) is 62.2 Å². The minimum atomic E-state index is -0.309. The summed E-state index contributed by atoms with van der Waals surface area (Å²) < 4.78 is 0. The number of amides is 2. The van der Waals surface area contributed by atoms with Gasteiger partial charge in [0.2, 0.25) is 5.91 Å². The van der Waals surface area contributed by atoms with Gasteiger partial charge < -0.3 is 5.32 Å². The first kappa shape index (κ1) is 17.1. The average Bonchev–Trinajstić information content (AvgIpc) is 2.82. The molecule has 1 saturated carbocycles. The van der Waals surface area contributed by atoms with Gasteiger partial charge in [0.15, 0.2) is 0 Å². The number of hydrogen-bond donors (Lipinski definition) is 2. The van der Waals surface area contributed by atoms with E-state index in [-0.39, 0.29) is 24.3 Å². The monoisotopic (exact) mass is 316 g/mol. The normalized spacial score (nSPS) is 16.5. The van der Waals surface area contributed by atoms with Crippen molar-refractivity contribution in [2.75, 3.05) is 0 Å². The first-order valence-electron chi connectivity index (χ1n) is 8.18. The Bertz CT molecular complexity index is 549. The van der Waals surface area contributed by atoms with E-state index in [1.54, 1.807) is 31.5 Å². The van der Waals surface area contributed by atoms with Crippen molar-refractivity contribution in [3.63, 3.8) is 0 Å². The summed E-state index contributed by atoms with van der Waals surface area (Å²) >= 11 is 0. The van der Waals surface area contributed by atoms with E-state index in [0.29, 0.717) is 11.3 Å². The summed E-state index contributed by atoms with van der Waals surface area (Å²) in [5.41, 5.74) is 3.53. The maximum absolute atomic E-state index is 12.0. The van der Waals surface area contributed by atoms with Gasteiger partial charge in [-0.25, -0.2) is 5.43 Å². The molecule has 1 aromatic rings. The number of nitrogens with zero attached hydrogens (tertiary/aromatic N) is 2. The molecule has 0 bridgehead atoms. The van der Waals surface area contributed by atoms with Crippen molar-refractivity contribution in [3.8, 4) is 0 Å². The number of hydrogen-bond acceptors (Lipinski definition) is 4. The van der Waals surface area contributed by atoms with Crippen LogP contribution in [0.25, 0.3) is 0 Å². The zero-order chi connectivity index (χ0) is 16.5. The molecular weight excluding hydrogens is 292 g/mol. The third-order valence-corrected chi connectivity index (χ3v) is 3.93. The van der Waals surface area contributed by atoms with Crippen LogP contribution in [0.4, 0.5) is 0 Å². The minimum absolute atomic E-state index is 0.0312. The Morgan fingerprint density at radius 2 is 1.83 bits per heavy atom. The van der Waals surface area contributed by atoms with E-state index in [4.69, 9.17) is 0 Å². The van der Waals surface area contributed by atoms with E-state index in [2.05, 4.69) is 20.8 Å². The largest absolute Gasteiger partial charge is 0.353 e. The molecule has 0 spiro atoms.